The first-order chi connectivity index (χ1) is 6.49. The van der Waals surface area contributed by atoms with Crippen molar-refractivity contribution >= 4 is 5.97 Å². The zero-order valence-electron chi connectivity index (χ0n) is 7.53. The molecular formula is C8H10N2O4. The van der Waals surface area contributed by atoms with Gasteiger partial charge in [-0.25, -0.2) is 4.79 Å². The molecule has 0 fully saturated rings. The van der Waals surface area contributed by atoms with Crippen molar-refractivity contribution in [1.29, 1.82) is 0 Å². The third-order valence-electron chi connectivity index (χ3n) is 1.76. The molecule has 76 valence electrons. The molecule has 6 nitrogen and oxygen atoms in total. The molecule has 1 rings (SSSR count). The number of H-pyrrole nitrogens is 2. The monoisotopic (exact) mass is 198 g/mol. The van der Waals surface area contributed by atoms with Crippen LogP contribution in [0.1, 0.15) is 12.6 Å². The van der Waals surface area contributed by atoms with E-state index in [0.29, 0.717) is 5.69 Å². The Morgan fingerprint density at radius 3 is 2.64 bits per heavy atom. The molecule has 0 saturated carbocycles. The number of nitrogens with one attached hydrogen (secondary N) is 2. The molecule has 0 radical (unpaired) electrons. The Balaban J connectivity index is 2.92. The van der Waals surface area contributed by atoms with E-state index in [1.54, 1.807) is 0 Å². The van der Waals surface area contributed by atoms with Gasteiger partial charge < -0.3 is 10.1 Å². The number of aromatic nitrogens is 2. The van der Waals surface area contributed by atoms with Gasteiger partial charge in [-0.3, -0.25) is 14.6 Å². The van der Waals surface area contributed by atoms with Crippen LogP contribution in [0.2, 0.25) is 0 Å². The number of carbonyl (C=O) groups is 1. The van der Waals surface area contributed by atoms with Gasteiger partial charge in [0.15, 0.2) is 0 Å². The van der Waals surface area contributed by atoms with Gasteiger partial charge in [0.2, 0.25) is 0 Å². The second kappa shape index (κ2) is 3.91. The molecule has 0 bridgehead atoms. The van der Waals surface area contributed by atoms with Crippen molar-refractivity contribution in [3.8, 4) is 0 Å². The summed E-state index contributed by atoms with van der Waals surface area (Å²) < 4.78 is 0. The predicted octanol–water partition coefficient (Wildman–Crippen LogP) is -0.674. The predicted molar refractivity (Wildman–Crippen MR) is 48.2 cm³/mol. The molecule has 0 aliphatic carbocycles. The number of carboxylic acids is 1. The highest BCUT2D eigenvalue weighted by atomic mass is 16.4. The third kappa shape index (κ3) is 2.58. The first kappa shape index (κ1) is 10.2. The molecule has 1 atom stereocenters. The van der Waals surface area contributed by atoms with Gasteiger partial charge in [0, 0.05) is 18.2 Å². The zero-order chi connectivity index (χ0) is 10.7. The summed E-state index contributed by atoms with van der Waals surface area (Å²) in [4.78, 5) is 36.5. The van der Waals surface area contributed by atoms with Gasteiger partial charge in [0.25, 0.3) is 5.56 Å². The molecule has 14 heavy (non-hydrogen) atoms. The van der Waals surface area contributed by atoms with Crippen LogP contribution in [0.4, 0.5) is 0 Å². The lowest BCUT2D eigenvalue weighted by molar-refractivity contribution is -0.141. The van der Waals surface area contributed by atoms with Crippen LogP contribution in [0.5, 0.6) is 0 Å². The maximum Gasteiger partial charge on any atom is 0.325 e. The number of aliphatic carboxylic acids is 1. The van der Waals surface area contributed by atoms with Crippen LogP contribution in [0.3, 0.4) is 0 Å². The van der Waals surface area contributed by atoms with E-state index in [1.165, 1.54) is 13.0 Å². The maximum absolute atomic E-state index is 10.8. The molecule has 0 saturated heterocycles. The van der Waals surface area contributed by atoms with E-state index in [1.807, 2.05) is 4.98 Å². The number of aromatic amines is 2. The summed E-state index contributed by atoms with van der Waals surface area (Å²) in [5.41, 5.74) is -0.819. The molecule has 6 heteroatoms. The van der Waals surface area contributed by atoms with Gasteiger partial charge in [0.05, 0.1) is 5.92 Å². The highest BCUT2D eigenvalue weighted by Crippen LogP contribution is 2.02. The molecule has 0 aromatic carbocycles. The minimum absolute atomic E-state index is 0.133. The first-order valence-corrected chi connectivity index (χ1v) is 4.04. The fraction of sp³-hybridized carbons (Fsp3) is 0.375. The average molecular weight is 198 g/mol. The van der Waals surface area contributed by atoms with Crippen LogP contribution < -0.4 is 11.2 Å². The number of hydrogen-bond donors (Lipinski definition) is 3. The Hall–Kier alpha value is -1.85. The Bertz CT molecular complexity index is 417. The van der Waals surface area contributed by atoms with E-state index in [9.17, 15) is 14.4 Å². The Morgan fingerprint density at radius 2 is 2.14 bits per heavy atom. The summed E-state index contributed by atoms with van der Waals surface area (Å²) in [6.07, 6.45) is 0.133. The third-order valence-corrected chi connectivity index (χ3v) is 1.76. The van der Waals surface area contributed by atoms with Crippen molar-refractivity contribution in [2.75, 3.05) is 0 Å². The molecule has 3 N–H and O–H groups in total. The number of rotatable bonds is 3. The van der Waals surface area contributed by atoms with E-state index in [-0.39, 0.29) is 6.42 Å². The SMILES string of the molecule is CC(Cc1cc(=O)[nH]c(=O)[nH]1)C(=O)O. The topological polar surface area (TPSA) is 103 Å². The van der Waals surface area contributed by atoms with Crippen LogP contribution in [0, 0.1) is 5.92 Å². The van der Waals surface area contributed by atoms with Crippen molar-refractivity contribution in [2.24, 2.45) is 5.92 Å². The van der Waals surface area contributed by atoms with Crippen LogP contribution >= 0.6 is 0 Å². The highest BCUT2D eigenvalue weighted by molar-refractivity contribution is 5.69. The molecule has 0 aliphatic rings. The molecule has 0 spiro atoms. The quantitative estimate of drug-likeness (QED) is 0.599. The second-order valence-corrected chi connectivity index (χ2v) is 3.06. The molecule has 1 heterocycles. The lowest BCUT2D eigenvalue weighted by Crippen LogP contribution is -2.24. The van der Waals surface area contributed by atoms with Crippen molar-refractivity contribution < 1.29 is 9.90 Å². The van der Waals surface area contributed by atoms with Gasteiger partial charge in [-0.05, 0) is 0 Å². The summed E-state index contributed by atoms with van der Waals surface area (Å²) in [7, 11) is 0. The van der Waals surface area contributed by atoms with Gasteiger partial charge in [-0.1, -0.05) is 6.92 Å². The summed E-state index contributed by atoms with van der Waals surface area (Å²) in [5, 5.41) is 8.60. The van der Waals surface area contributed by atoms with E-state index in [0.717, 1.165) is 0 Å². The fourth-order valence-corrected chi connectivity index (χ4v) is 1.05. The Labute approximate surface area is 78.6 Å². The van der Waals surface area contributed by atoms with Gasteiger partial charge in [-0.2, -0.15) is 0 Å². The van der Waals surface area contributed by atoms with Crippen LogP contribution in [-0.2, 0) is 11.2 Å². The standard InChI is InChI=1S/C8H10N2O4/c1-4(7(12)13)2-5-3-6(11)10-8(14)9-5/h3-4H,2H2,1H3,(H,12,13)(H2,9,10,11,14). The highest BCUT2D eigenvalue weighted by Gasteiger charge is 2.12. The molecule has 0 aliphatic heterocycles. The smallest absolute Gasteiger partial charge is 0.325 e. The molecule has 1 aromatic rings. The van der Waals surface area contributed by atoms with Crippen molar-refractivity contribution in [2.45, 2.75) is 13.3 Å². The van der Waals surface area contributed by atoms with Gasteiger partial charge in [0.1, 0.15) is 0 Å². The minimum Gasteiger partial charge on any atom is -0.481 e. The Kier molecular flexibility index (Phi) is 2.85. The normalized spacial score (nSPS) is 12.4. The van der Waals surface area contributed by atoms with Crippen molar-refractivity contribution in [3.05, 3.63) is 32.6 Å². The van der Waals surface area contributed by atoms with Crippen LogP contribution in [0.15, 0.2) is 15.7 Å². The molecular weight excluding hydrogens is 188 g/mol. The minimum atomic E-state index is -0.967. The molecule has 1 unspecified atom stereocenters. The second-order valence-electron chi connectivity index (χ2n) is 3.06. The van der Waals surface area contributed by atoms with Crippen LogP contribution in [0.25, 0.3) is 0 Å². The molecule has 0 amide bonds. The summed E-state index contributed by atoms with van der Waals surface area (Å²) in [5.74, 6) is -1.60. The van der Waals surface area contributed by atoms with Crippen molar-refractivity contribution in [3.63, 3.8) is 0 Å². The average Bonchev–Trinajstić information content (AvgIpc) is 2.01. The van der Waals surface area contributed by atoms with E-state index in [4.69, 9.17) is 5.11 Å². The van der Waals surface area contributed by atoms with E-state index >= 15 is 0 Å². The van der Waals surface area contributed by atoms with Gasteiger partial charge in [-0.15, -0.1) is 0 Å². The van der Waals surface area contributed by atoms with Crippen molar-refractivity contribution in [1.82, 2.24) is 9.97 Å². The van der Waals surface area contributed by atoms with E-state index in [2.05, 4.69) is 4.98 Å². The van der Waals surface area contributed by atoms with E-state index < -0.39 is 23.1 Å². The first-order valence-electron chi connectivity index (χ1n) is 4.04. The lowest BCUT2D eigenvalue weighted by Gasteiger charge is -2.04. The number of hydrogen-bond acceptors (Lipinski definition) is 3. The summed E-state index contributed by atoms with van der Waals surface area (Å²) in [6.45, 7) is 1.50. The fourth-order valence-electron chi connectivity index (χ4n) is 1.05. The lowest BCUT2D eigenvalue weighted by atomic mass is 10.1. The van der Waals surface area contributed by atoms with Gasteiger partial charge >= 0.3 is 11.7 Å². The number of carboxylic acid groups (broad SMARTS) is 1. The summed E-state index contributed by atoms with van der Waals surface area (Å²) >= 11 is 0. The van der Waals surface area contributed by atoms with Crippen LogP contribution in [-0.4, -0.2) is 21.0 Å². The zero-order valence-corrected chi connectivity index (χ0v) is 7.53. The summed E-state index contributed by atoms with van der Waals surface area (Å²) in [6, 6.07) is 1.18. The largest absolute Gasteiger partial charge is 0.481 e. The molecule has 1 aromatic heterocycles. The maximum atomic E-state index is 10.8. The Morgan fingerprint density at radius 1 is 1.50 bits per heavy atom.